The van der Waals surface area contributed by atoms with E-state index in [-0.39, 0.29) is 23.9 Å². The van der Waals surface area contributed by atoms with Gasteiger partial charge in [-0.2, -0.15) is 0 Å². The minimum absolute atomic E-state index is 0.0228. The fourth-order valence-electron chi connectivity index (χ4n) is 3.65. The number of nitrogens with one attached hydrogen (secondary N) is 1. The van der Waals surface area contributed by atoms with Gasteiger partial charge in [0.15, 0.2) is 5.52 Å². The Kier molecular flexibility index (Phi) is 6.10. The van der Waals surface area contributed by atoms with E-state index in [4.69, 9.17) is 18.9 Å². The number of nitro groups is 1. The zero-order chi connectivity index (χ0) is 20.9. The third-order valence-corrected chi connectivity index (χ3v) is 5.04. The largest absolute Gasteiger partial charge is 0.467 e. The highest BCUT2D eigenvalue weighted by molar-refractivity contribution is 5.99. The molecule has 0 saturated carbocycles. The first-order valence-electron chi connectivity index (χ1n) is 9.84. The smallest absolute Gasteiger partial charge is 0.323 e. The first-order valence-corrected chi connectivity index (χ1v) is 9.84. The van der Waals surface area contributed by atoms with Gasteiger partial charge in [-0.15, -0.1) is 0 Å². The Balaban J connectivity index is 1.77. The number of anilines is 2. The van der Waals surface area contributed by atoms with E-state index in [2.05, 4.69) is 15.6 Å². The molecular formula is C19H23N5O6. The average Bonchev–Trinajstić information content (AvgIpc) is 3.49. The minimum Gasteiger partial charge on any atom is -0.467 e. The highest BCUT2D eigenvalue weighted by Gasteiger charge is 2.29. The number of ether oxygens (including phenoxy) is 1. The molecule has 1 aliphatic rings. The minimum atomic E-state index is -0.505. The standard InChI is InChI=1S/C19H23N5O6/c25-7-3-6-20-15-10-16(17-18(22-30-21-17)19(15)24(26)27)23(11-13-4-1-8-28-13)12-14-5-2-9-29-14/h1,4,8,10,14,20,25H,2-3,5-7,9,11-12H2. The van der Waals surface area contributed by atoms with Crippen molar-refractivity contribution in [3.8, 4) is 0 Å². The maximum Gasteiger partial charge on any atom is 0.323 e. The van der Waals surface area contributed by atoms with Gasteiger partial charge in [-0.05, 0) is 47.8 Å². The normalized spacial score (nSPS) is 16.2. The van der Waals surface area contributed by atoms with Crippen molar-refractivity contribution in [1.29, 1.82) is 0 Å². The van der Waals surface area contributed by atoms with Crippen LogP contribution >= 0.6 is 0 Å². The van der Waals surface area contributed by atoms with Gasteiger partial charge >= 0.3 is 5.69 Å². The Bertz CT molecular complexity index is 983. The Morgan fingerprint density at radius 1 is 1.37 bits per heavy atom. The number of nitrogens with zero attached hydrogens (tertiary/aromatic N) is 4. The zero-order valence-electron chi connectivity index (χ0n) is 16.3. The third kappa shape index (κ3) is 4.21. The lowest BCUT2D eigenvalue weighted by Gasteiger charge is -2.27. The summed E-state index contributed by atoms with van der Waals surface area (Å²) >= 11 is 0. The molecule has 1 unspecified atom stereocenters. The molecule has 1 atom stereocenters. The Morgan fingerprint density at radius 3 is 2.93 bits per heavy atom. The number of hydrogen-bond acceptors (Lipinski definition) is 10. The number of fused-ring (bicyclic) bond motifs is 1. The van der Waals surface area contributed by atoms with E-state index >= 15 is 0 Å². The van der Waals surface area contributed by atoms with Crippen molar-refractivity contribution in [1.82, 2.24) is 10.3 Å². The predicted molar refractivity (Wildman–Crippen MR) is 107 cm³/mol. The van der Waals surface area contributed by atoms with Crippen molar-refractivity contribution < 1.29 is 23.8 Å². The van der Waals surface area contributed by atoms with Crippen LogP contribution in [0.25, 0.3) is 11.0 Å². The highest BCUT2D eigenvalue weighted by Crippen LogP contribution is 2.39. The molecule has 0 aliphatic carbocycles. The van der Waals surface area contributed by atoms with Gasteiger partial charge in [-0.25, -0.2) is 4.63 Å². The number of nitro benzene ring substituents is 1. The summed E-state index contributed by atoms with van der Waals surface area (Å²) in [6.07, 6.45) is 4.02. The average molecular weight is 417 g/mol. The van der Waals surface area contributed by atoms with Crippen LogP contribution in [0, 0.1) is 10.1 Å². The number of benzene rings is 1. The van der Waals surface area contributed by atoms with E-state index in [9.17, 15) is 10.1 Å². The Hall–Kier alpha value is -3.18. The lowest BCUT2D eigenvalue weighted by molar-refractivity contribution is -0.382. The fraction of sp³-hybridized carbons (Fsp3) is 0.474. The second-order valence-electron chi connectivity index (χ2n) is 7.11. The third-order valence-electron chi connectivity index (χ3n) is 5.04. The molecule has 160 valence electrons. The molecule has 0 spiro atoms. The fourth-order valence-corrected chi connectivity index (χ4v) is 3.65. The first-order chi connectivity index (χ1) is 14.7. The summed E-state index contributed by atoms with van der Waals surface area (Å²) in [5.41, 5.74) is 1.10. The highest BCUT2D eigenvalue weighted by atomic mass is 16.6. The van der Waals surface area contributed by atoms with Crippen molar-refractivity contribution in [2.24, 2.45) is 0 Å². The van der Waals surface area contributed by atoms with Gasteiger partial charge in [0.25, 0.3) is 0 Å². The summed E-state index contributed by atoms with van der Waals surface area (Å²) in [6.45, 7) is 2.07. The summed E-state index contributed by atoms with van der Waals surface area (Å²) in [7, 11) is 0. The second-order valence-corrected chi connectivity index (χ2v) is 7.11. The maximum atomic E-state index is 11.7. The van der Waals surface area contributed by atoms with Crippen LogP contribution in [0.4, 0.5) is 17.1 Å². The van der Waals surface area contributed by atoms with Crippen molar-refractivity contribution in [2.45, 2.75) is 31.9 Å². The van der Waals surface area contributed by atoms with Crippen LogP contribution in [0.2, 0.25) is 0 Å². The zero-order valence-corrected chi connectivity index (χ0v) is 16.3. The van der Waals surface area contributed by atoms with E-state index in [1.54, 1.807) is 12.3 Å². The van der Waals surface area contributed by atoms with Gasteiger partial charge in [0.1, 0.15) is 11.4 Å². The van der Waals surface area contributed by atoms with Crippen LogP contribution in [0.15, 0.2) is 33.5 Å². The molecule has 11 nitrogen and oxygen atoms in total. The number of hydrogen-bond donors (Lipinski definition) is 2. The number of aliphatic hydroxyl groups is 1. The molecule has 0 amide bonds. The van der Waals surface area contributed by atoms with E-state index in [0.29, 0.717) is 49.6 Å². The van der Waals surface area contributed by atoms with Gasteiger partial charge in [-0.1, -0.05) is 0 Å². The van der Waals surface area contributed by atoms with E-state index in [1.807, 2.05) is 17.0 Å². The van der Waals surface area contributed by atoms with Crippen molar-refractivity contribution in [2.75, 3.05) is 36.5 Å². The van der Waals surface area contributed by atoms with E-state index in [1.165, 1.54) is 0 Å². The molecule has 2 N–H and O–H groups in total. The molecule has 3 heterocycles. The quantitative estimate of drug-likeness (QED) is 0.287. The van der Waals surface area contributed by atoms with E-state index < -0.39 is 4.92 Å². The van der Waals surface area contributed by atoms with Crippen LogP contribution in [-0.4, -0.2) is 52.8 Å². The van der Waals surface area contributed by atoms with Crippen LogP contribution < -0.4 is 10.2 Å². The SMILES string of the molecule is O=[N+]([O-])c1c(NCCCO)cc(N(Cc2ccco2)CC2CCCO2)c2nonc12. The maximum absolute atomic E-state index is 11.7. The molecule has 2 aromatic heterocycles. The summed E-state index contributed by atoms with van der Waals surface area (Å²) < 4.78 is 16.2. The predicted octanol–water partition coefficient (Wildman–Crippen LogP) is 2.70. The van der Waals surface area contributed by atoms with Crippen LogP contribution in [0.3, 0.4) is 0 Å². The second kappa shape index (κ2) is 9.09. The molecule has 4 rings (SSSR count). The monoisotopic (exact) mass is 417 g/mol. The summed E-state index contributed by atoms with van der Waals surface area (Å²) in [4.78, 5) is 13.3. The number of aliphatic hydroxyl groups excluding tert-OH is 1. The topological polar surface area (TPSA) is 140 Å². The van der Waals surface area contributed by atoms with Gasteiger partial charge in [0.2, 0.25) is 5.52 Å². The number of aromatic nitrogens is 2. The van der Waals surface area contributed by atoms with Gasteiger partial charge in [0.05, 0.1) is 29.5 Å². The van der Waals surface area contributed by atoms with Crippen LogP contribution in [-0.2, 0) is 11.3 Å². The molecule has 0 radical (unpaired) electrons. The number of furan rings is 1. The Labute approximate surface area is 171 Å². The molecule has 1 aromatic carbocycles. The van der Waals surface area contributed by atoms with Crippen molar-refractivity contribution in [3.63, 3.8) is 0 Å². The summed E-state index contributed by atoms with van der Waals surface area (Å²) in [5.74, 6) is 0.741. The van der Waals surface area contributed by atoms with Gasteiger partial charge in [0, 0.05) is 26.3 Å². The van der Waals surface area contributed by atoms with Crippen molar-refractivity contribution >= 4 is 28.1 Å². The van der Waals surface area contributed by atoms with Crippen LogP contribution in [0.5, 0.6) is 0 Å². The van der Waals surface area contributed by atoms with Gasteiger partial charge < -0.3 is 24.5 Å². The lowest BCUT2D eigenvalue weighted by atomic mass is 10.1. The van der Waals surface area contributed by atoms with E-state index in [0.717, 1.165) is 18.6 Å². The molecule has 0 bridgehead atoms. The number of rotatable bonds is 10. The molecule has 1 fully saturated rings. The van der Waals surface area contributed by atoms with Crippen LogP contribution in [0.1, 0.15) is 25.0 Å². The summed E-state index contributed by atoms with van der Waals surface area (Å²) in [5, 5.41) is 31.6. The lowest BCUT2D eigenvalue weighted by Crippen LogP contribution is -2.32. The Morgan fingerprint density at radius 2 is 2.23 bits per heavy atom. The van der Waals surface area contributed by atoms with Crippen molar-refractivity contribution in [3.05, 3.63) is 40.3 Å². The first kappa shape index (κ1) is 20.1. The van der Waals surface area contributed by atoms with Gasteiger partial charge in [-0.3, -0.25) is 10.1 Å². The molecule has 11 heteroatoms. The molecule has 1 aliphatic heterocycles. The molecule has 30 heavy (non-hydrogen) atoms. The molecular weight excluding hydrogens is 394 g/mol. The molecule has 1 saturated heterocycles. The summed E-state index contributed by atoms with van der Waals surface area (Å²) in [6, 6.07) is 5.36. The molecule has 3 aromatic rings.